The predicted molar refractivity (Wildman–Crippen MR) is 93.9 cm³/mol. The molecule has 1 heterocycles. The van der Waals surface area contributed by atoms with Gasteiger partial charge in [0.25, 0.3) is 0 Å². The van der Waals surface area contributed by atoms with Gasteiger partial charge in [0.2, 0.25) is 0 Å². The molecule has 2 aliphatic carbocycles. The molecule has 2 unspecified atom stereocenters. The van der Waals surface area contributed by atoms with Crippen LogP contribution in [0.5, 0.6) is 0 Å². The van der Waals surface area contributed by atoms with Crippen LogP contribution in [0.15, 0.2) is 65.3 Å². The van der Waals surface area contributed by atoms with Gasteiger partial charge in [-0.05, 0) is 38.0 Å². The number of allylic oxidation sites excluding steroid dienone is 7. The molecule has 0 saturated carbocycles. The third kappa shape index (κ3) is 3.60. The van der Waals surface area contributed by atoms with Gasteiger partial charge < -0.3 is 9.64 Å². The summed E-state index contributed by atoms with van der Waals surface area (Å²) < 4.78 is 6.45. The van der Waals surface area contributed by atoms with E-state index in [0.717, 1.165) is 25.1 Å². The topological polar surface area (TPSA) is 12.5 Å². The molecular formula is C19H23NOS. The summed E-state index contributed by atoms with van der Waals surface area (Å²) in [6, 6.07) is 4.28. The first-order valence-corrected chi connectivity index (χ1v) is 8.72. The Morgan fingerprint density at radius 2 is 2.23 bits per heavy atom. The number of thiophene rings is 1. The molecule has 0 bridgehead atoms. The number of fused-ring (bicyclic) bond motifs is 1. The summed E-state index contributed by atoms with van der Waals surface area (Å²) in [7, 11) is 4.22. The Labute approximate surface area is 137 Å². The first kappa shape index (κ1) is 15.3. The van der Waals surface area contributed by atoms with Gasteiger partial charge in [-0.25, -0.2) is 0 Å². The molecule has 0 amide bonds. The van der Waals surface area contributed by atoms with Gasteiger partial charge in [-0.2, -0.15) is 0 Å². The molecule has 2 aliphatic rings. The van der Waals surface area contributed by atoms with Crippen LogP contribution in [0.4, 0.5) is 0 Å². The molecule has 3 heteroatoms. The van der Waals surface area contributed by atoms with Crippen molar-refractivity contribution in [2.75, 3.05) is 20.6 Å². The van der Waals surface area contributed by atoms with Crippen LogP contribution in [0.3, 0.4) is 0 Å². The summed E-state index contributed by atoms with van der Waals surface area (Å²) >= 11 is 1.78. The fraction of sp³-hybridized carbons (Fsp3) is 0.368. The highest BCUT2D eigenvalue weighted by Gasteiger charge is 2.22. The molecule has 3 rings (SSSR count). The largest absolute Gasteiger partial charge is 0.485 e. The van der Waals surface area contributed by atoms with Crippen LogP contribution in [-0.2, 0) is 4.74 Å². The van der Waals surface area contributed by atoms with E-state index in [1.807, 2.05) is 0 Å². The summed E-state index contributed by atoms with van der Waals surface area (Å²) in [5, 5.41) is 2.13. The van der Waals surface area contributed by atoms with Gasteiger partial charge in [-0.15, -0.1) is 11.3 Å². The molecule has 0 radical (unpaired) electrons. The lowest BCUT2D eigenvalue weighted by atomic mass is 9.87. The molecule has 2 atom stereocenters. The van der Waals surface area contributed by atoms with Crippen molar-refractivity contribution in [2.24, 2.45) is 5.92 Å². The van der Waals surface area contributed by atoms with E-state index in [9.17, 15) is 0 Å². The smallest absolute Gasteiger partial charge is 0.134 e. The van der Waals surface area contributed by atoms with Crippen molar-refractivity contribution in [1.82, 2.24) is 4.90 Å². The van der Waals surface area contributed by atoms with Crippen molar-refractivity contribution in [3.05, 3.63) is 70.2 Å². The lowest BCUT2D eigenvalue weighted by Crippen LogP contribution is -2.18. The zero-order valence-electron chi connectivity index (χ0n) is 13.2. The Morgan fingerprint density at radius 3 is 3.00 bits per heavy atom. The quantitative estimate of drug-likeness (QED) is 0.754. The van der Waals surface area contributed by atoms with E-state index >= 15 is 0 Å². The lowest BCUT2D eigenvalue weighted by Gasteiger charge is -2.26. The number of nitrogens with zero attached hydrogens (tertiary/aromatic N) is 1. The average molecular weight is 313 g/mol. The van der Waals surface area contributed by atoms with Crippen LogP contribution < -0.4 is 0 Å². The number of hydrogen-bond donors (Lipinski definition) is 0. The van der Waals surface area contributed by atoms with Gasteiger partial charge in [-0.1, -0.05) is 36.4 Å². The third-order valence-electron chi connectivity index (χ3n) is 4.04. The Morgan fingerprint density at radius 1 is 1.32 bits per heavy atom. The summed E-state index contributed by atoms with van der Waals surface area (Å²) in [4.78, 5) is 3.52. The zero-order valence-corrected chi connectivity index (χ0v) is 14.1. The van der Waals surface area contributed by atoms with Crippen molar-refractivity contribution < 1.29 is 4.74 Å². The molecule has 1 aromatic rings. The minimum atomic E-state index is 0.132. The average Bonchev–Trinajstić information content (AvgIpc) is 3.05. The third-order valence-corrected chi connectivity index (χ3v) is 5.01. The Balaban J connectivity index is 1.80. The Hall–Kier alpha value is -1.58. The minimum Gasteiger partial charge on any atom is -0.485 e. The van der Waals surface area contributed by atoms with E-state index in [1.54, 1.807) is 11.3 Å². The maximum absolute atomic E-state index is 6.45. The van der Waals surface area contributed by atoms with Gasteiger partial charge in [0, 0.05) is 29.3 Å². The first-order chi connectivity index (χ1) is 10.7. The highest BCUT2D eigenvalue weighted by Crippen LogP contribution is 2.35. The maximum atomic E-state index is 6.45. The molecule has 0 aliphatic heterocycles. The molecule has 0 saturated heterocycles. The lowest BCUT2D eigenvalue weighted by molar-refractivity contribution is 0.109. The van der Waals surface area contributed by atoms with Crippen LogP contribution in [0.25, 0.3) is 0 Å². The first-order valence-electron chi connectivity index (χ1n) is 7.84. The van der Waals surface area contributed by atoms with Crippen molar-refractivity contribution >= 4 is 11.3 Å². The molecule has 0 aromatic carbocycles. The van der Waals surface area contributed by atoms with E-state index in [2.05, 4.69) is 73.0 Å². The second-order valence-corrected chi connectivity index (χ2v) is 7.00. The van der Waals surface area contributed by atoms with Gasteiger partial charge in [0.05, 0.1) is 0 Å². The predicted octanol–water partition coefficient (Wildman–Crippen LogP) is 4.71. The summed E-state index contributed by atoms with van der Waals surface area (Å²) in [6.07, 6.45) is 15.3. The van der Waals surface area contributed by atoms with Crippen LogP contribution in [0.2, 0.25) is 0 Å². The SMILES string of the molecule is CN(C)CCC(OC1=C2C=CC=CC2CC=C1)c1cccs1. The van der Waals surface area contributed by atoms with E-state index in [-0.39, 0.29) is 6.10 Å². The van der Waals surface area contributed by atoms with Crippen LogP contribution >= 0.6 is 11.3 Å². The monoisotopic (exact) mass is 313 g/mol. The molecule has 1 aromatic heterocycles. The van der Waals surface area contributed by atoms with Crippen molar-refractivity contribution in [2.45, 2.75) is 18.9 Å². The van der Waals surface area contributed by atoms with Crippen molar-refractivity contribution in [3.8, 4) is 0 Å². The maximum Gasteiger partial charge on any atom is 0.134 e. The summed E-state index contributed by atoms with van der Waals surface area (Å²) in [6.45, 7) is 1.02. The van der Waals surface area contributed by atoms with E-state index in [1.165, 1.54) is 10.5 Å². The van der Waals surface area contributed by atoms with Crippen LogP contribution in [-0.4, -0.2) is 25.5 Å². The minimum absolute atomic E-state index is 0.132. The van der Waals surface area contributed by atoms with Crippen molar-refractivity contribution in [3.63, 3.8) is 0 Å². The molecular weight excluding hydrogens is 290 g/mol. The molecule has 116 valence electrons. The fourth-order valence-corrected chi connectivity index (χ4v) is 3.63. The fourth-order valence-electron chi connectivity index (χ4n) is 2.84. The van der Waals surface area contributed by atoms with Gasteiger partial charge in [-0.3, -0.25) is 0 Å². The number of hydrogen-bond acceptors (Lipinski definition) is 3. The molecule has 0 N–H and O–H groups in total. The summed E-state index contributed by atoms with van der Waals surface area (Å²) in [5.74, 6) is 1.51. The second-order valence-electron chi connectivity index (χ2n) is 6.02. The van der Waals surface area contributed by atoms with Crippen LogP contribution in [0, 0.1) is 5.92 Å². The molecule has 0 fully saturated rings. The van der Waals surface area contributed by atoms with Crippen molar-refractivity contribution in [1.29, 1.82) is 0 Å². The Kier molecular flexibility index (Phi) is 4.96. The van der Waals surface area contributed by atoms with Crippen LogP contribution in [0.1, 0.15) is 23.8 Å². The van der Waals surface area contributed by atoms with Gasteiger partial charge in [0.1, 0.15) is 11.9 Å². The highest BCUT2D eigenvalue weighted by molar-refractivity contribution is 7.10. The van der Waals surface area contributed by atoms with Gasteiger partial charge in [0.15, 0.2) is 0 Å². The number of ether oxygens (including phenoxy) is 1. The molecule has 0 spiro atoms. The zero-order chi connectivity index (χ0) is 15.4. The Bertz CT molecular complexity index is 607. The molecule has 2 nitrogen and oxygen atoms in total. The standard InChI is InChI=1S/C19H23NOS/c1-20(2)13-12-18(19-11-6-14-22-19)21-17-10-5-8-15-7-3-4-9-16(15)17/h3-7,9-11,14-15,18H,8,12-13H2,1-2H3. The van der Waals surface area contributed by atoms with E-state index in [4.69, 9.17) is 4.74 Å². The van der Waals surface area contributed by atoms with Gasteiger partial charge >= 0.3 is 0 Å². The van der Waals surface area contributed by atoms with E-state index < -0.39 is 0 Å². The molecule has 22 heavy (non-hydrogen) atoms. The second kappa shape index (κ2) is 7.12. The highest BCUT2D eigenvalue weighted by atomic mass is 32.1. The van der Waals surface area contributed by atoms with E-state index in [0.29, 0.717) is 5.92 Å². The normalized spacial score (nSPS) is 21.3. The summed E-state index contributed by atoms with van der Waals surface area (Å²) in [5.41, 5.74) is 1.32. The number of rotatable bonds is 6.